The molecule has 10 nitrogen and oxygen atoms in total. The van der Waals surface area contributed by atoms with Crippen molar-refractivity contribution in [3.8, 4) is 11.4 Å². The molecule has 28 heavy (non-hydrogen) atoms. The number of primary amides is 2. The topological polar surface area (TPSA) is 170 Å². The molecule has 3 rings (SSSR count). The maximum absolute atomic E-state index is 12.7. The van der Waals surface area contributed by atoms with Gasteiger partial charge in [0.1, 0.15) is 10.6 Å². The van der Waals surface area contributed by atoms with Gasteiger partial charge in [0.05, 0.1) is 22.5 Å². The normalized spacial score (nSPS) is 11.1. The molecule has 1 heterocycles. The van der Waals surface area contributed by atoms with E-state index in [1.165, 1.54) is 59.4 Å². The fourth-order valence-electron chi connectivity index (χ4n) is 2.50. The molecule has 0 saturated heterocycles. The van der Waals surface area contributed by atoms with Crippen molar-refractivity contribution in [3.05, 3.63) is 60.4 Å². The van der Waals surface area contributed by atoms with Crippen LogP contribution in [0.15, 0.2) is 64.5 Å². The molecule has 3 amide bonds. The summed E-state index contributed by atoms with van der Waals surface area (Å²) in [6, 6.07) is 10.2. The number of carbonyl (C=O) groups excluding carboxylic acids is 2. The number of aromatic nitrogens is 2. The molecule has 0 bridgehead atoms. The number of phenols is 1. The minimum atomic E-state index is -3.93. The number of nitrogens with one attached hydrogen (secondary N) is 1. The van der Waals surface area contributed by atoms with Crippen molar-refractivity contribution in [2.75, 3.05) is 5.32 Å². The van der Waals surface area contributed by atoms with E-state index in [1.54, 1.807) is 0 Å². The van der Waals surface area contributed by atoms with Gasteiger partial charge in [0.15, 0.2) is 5.69 Å². The number of sulfone groups is 1. The number of anilines is 1. The quantitative estimate of drug-likeness (QED) is 0.497. The lowest BCUT2D eigenvalue weighted by molar-refractivity contribution is 0.0996. The fourth-order valence-corrected chi connectivity index (χ4v) is 3.85. The number of rotatable bonds is 5. The van der Waals surface area contributed by atoms with Crippen LogP contribution in [0.25, 0.3) is 5.69 Å². The zero-order chi connectivity index (χ0) is 20.5. The molecule has 1 aromatic heterocycles. The van der Waals surface area contributed by atoms with Gasteiger partial charge in [-0.25, -0.2) is 17.9 Å². The first-order chi connectivity index (χ1) is 13.2. The number of phenolic OH excluding ortho intramolecular Hbond substituents is 1. The first-order valence-corrected chi connectivity index (χ1v) is 9.28. The van der Waals surface area contributed by atoms with E-state index in [1.807, 2.05) is 0 Å². The van der Waals surface area contributed by atoms with Crippen molar-refractivity contribution in [1.82, 2.24) is 9.78 Å². The van der Waals surface area contributed by atoms with Gasteiger partial charge in [-0.05, 0) is 36.4 Å². The van der Waals surface area contributed by atoms with Crippen molar-refractivity contribution < 1.29 is 23.1 Å². The van der Waals surface area contributed by atoms with E-state index in [0.717, 1.165) is 0 Å². The van der Waals surface area contributed by atoms with Crippen molar-refractivity contribution in [2.24, 2.45) is 11.5 Å². The Labute approximate surface area is 159 Å². The predicted octanol–water partition coefficient (Wildman–Crippen LogP) is 1.00. The molecule has 0 aliphatic heterocycles. The SMILES string of the molecule is NC(=O)Nc1cn(-c2ccc(S(=O)(=O)c3ccccc3O)cc2)nc1C(N)=O. The molecular weight excluding hydrogens is 386 g/mol. The van der Waals surface area contributed by atoms with Crippen LogP contribution in [0.4, 0.5) is 10.5 Å². The molecule has 0 unspecified atom stereocenters. The molecule has 0 atom stereocenters. The molecule has 0 aliphatic rings. The van der Waals surface area contributed by atoms with Gasteiger partial charge < -0.3 is 21.9 Å². The average Bonchev–Trinajstić information content (AvgIpc) is 3.05. The number of para-hydroxylation sites is 1. The third-order valence-electron chi connectivity index (χ3n) is 3.77. The molecule has 0 saturated carbocycles. The van der Waals surface area contributed by atoms with E-state index in [-0.39, 0.29) is 26.9 Å². The minimum Gasteiger partial charge on any atom is -0.507 e. The van der Waals surface area contributed by atoms with E-state index in [4.69, 9.17) is 11.5 Å². The summed E-state index contributed by atoms with van der Waals surface area (Å²) in [6.45, 7) is 0. The zero-order valence-electron chi connectivity index (χ0n) is 14.2. The van der Waals surface area contributed by atoms with Gasteiger partial charge in [-0.2, -0.15) is 5.10 Å². The smallest absolute Gasteiger partial charge is 0.316 e. The summed E-state index contributed by atoms with van der Waals surface area (Å²) in [5.74, 6) is -1.23. The van der Waals surface area contributed by atoms with Crippen LogP contribution in [-0.2, 0) is 9.84 Å². The Morgan fingerprint density at radius 3 is 2.25 bits per heavy atom. The average molecular weight is 401 g/mol. The maximum atomic E-state index is 12.7. The van der Waals surface area contributed by atoms with Crippen LogP contribution in [-0.4, -0.2) is 35.2 Å². The monoisotopic (exact) mass is 401 g/mol. The molecule has 2 aromatic carbocycles. The van der Waals surface area contributed by atoms with E-state index in [9.17, 15) is 23.1 Å². The second kappa shape index (κ2) is 7.04. The van der Waals surface area contributed by atoms with Gasteiger partial charge in [0.2, 0.25) is 9.84 Å². The predicted molar refractivity (Wildman–Crippen MR) is 98.8 cm³/mol. The summed E-state index contributed by atoms with van der Waals surface area (Å²) >= 11 is 0. The number of amides is 3. The van der Waals surface area contributed by atoms with Crippen LogP contribution >= 0.6 is 0 Å². The van der Waals surface area contributed by atoms with Crippen molar-refractivity contribution in [1.29, 1.82) is 0 Å². The Morgan fingerprint density at radius 2 is 1.68 bits per heavy atom. The van der Waals surface area contributed by atoms with Crippen LogP contribution in [0.2, 0.25) is 0 Å². The summed E-state index contributed by atoms with van der Waals surface area (Å²) in [6.07, 6.45) is 1.32. The lowest BCUT2D eigenvalue weighted by atomic mass is 10.3. The van der Waals surface area contributed by atoms with Gasteiger partial charge in [0, 0.05) is 0 Å². The van der Waals surface area contributed by atoms with E-state index in [0.29, 0.717) is 5.69 Å². The molecular formula is C17H15N5O5S. The number of benzene rings is 2. The van der Waals surface area contributed by atoms with E-state index >= 15 is 0 Å². The highest BCUT2D eigenvalue weighted by atomic mass is 32.2. The number of hydrogen-bond donors (Lipinski definition) is 4. The molecule has 0 aliphatic carbocycles. The standard InChI is InChI=1S/C17H15N5O5S/c18-16(24)15-12(20-17(19)25)9-22(21-15)10-5-7-11(8-6-10)28(26,27)14-4-2-1-3-13(14)23/h1-9,23H,(H2,18,24)(H3,19,20,25). The van der Waals surface area contributed by atoms with Gasteiger partial charge in [0.25, 0.3) is 5.91 Å². The molecule has 0 radical (unpaired) electrons. The first-order valence-electron chi connectivity index (χ1n) is 7.79. The van der Waals surface area contributed by atoms with Gasteiger partial charge >= 0.3 is 6.03 Å². The first kappa shape index (κ1) is 18.9. The van der Waals surface area contributed by atoms with Crippen molar-refractivity contribution >= 4 is 27.5 Å². The van der Waals surface area contributed by atoms with Crippen LogP contribution in [0.1, 0.15) is 10.5 Å². The van der Waals surface area contributed by atoms with Gasteiger partial charge in [-0.15, -0.1) is 0 Å². The van der Waals surface area contributed by atoms with Crippen LogP contribution in [0.3, 0.4) is 0 Å². The summed E-state index contributed by atoms with van der Waals surface area (Å²) in [7, 11) is -3.93. The molecule has 0 fully saturated rings. The van der Waals surface area contributed by atoms with Crippen molar-refractivity contribution in [3.63, 3.8) is 0 Å². The lowest BCUT2D eigenvalue weighted by Crippen LogP contribution is -2.22. The number of carbonyl (C=O) groups is 2. The molecule has 6 N–H and O–H groups in total. The zero-order valence-corrected chi connectivity index (χ0v) is 15.1. The second-order valence-electron chi connectivity index (χ2n) is 5.65. The minimum absolute atomic E-state index is 0.0194. The second-order valence-corrected chi connectivity index (χ2v) is 7.57. The number of hydrogen-bond acceptors (Lipinski definition) is 6. The highest BCUT2D eigenvalue weighted by Crippen LogP contribution is 2.28. The summed E-state index contributed by atoms with van der Waals surface area (Å²) < 4.78 is 26.6. The Hall–Kier alpha value is -3.86. The number of urea groups is 1. The number of aromatic hydroxyl groups is 1. The third-order valence-corrected chi connectivity index (χ3v) is 5.59. The lowest BCUT2D eigenvalue weighted by Gasteiger charge is -2.07. The number of nitrogens with zero attached hydrogens (tertiary/aromatic N) is 2. The number of nitrogens with two attached hydrogens (primary N) is 2. The highest BCUT2D eigenvalue weighted by Gasteiger charge is 2.21. The van der Waals surface area contributed by atoms with E-state index < -0.39 is 21.8 Å². The molecule has 11 heteroatoms. The molecule has 0 spiro atoms. The Kier molecular flexibility index (Phi) is 4.76. The Bertz CT molecular complexity index is 1170. The van der Waals surface area contributed by atoms with Crippen molar-refractivity contribution in [2.45, 2.75) is 9.79 Å². The Balaban J connectivity index is 1.99. The third kappa shape index (κ3) is 3.50. The van der Waals surface area contributed by atoms with Crippen LogP contribution < -0.4 is 16.8 Å². The van der Waals surface area contributed by atoms with Gasteiger partial charge in [-0.1, -0.05) is 12.1 Å². The Morgan fingerprint density at radius 1 is 1.04 bits per heavy atom. The summed E-state index contributed by atoms with van der Waals surface area (Å²) in [4.78, 5) is 22.3. The maximum Gasteiger partial charge on any atom is 0.316 e. The highest BCUT2D eigenvalue weighted by molar-refractivity contribution is 7.91. The van der Waals surface area contributed by atoms with Crippen LogP contribution in [0, 0.1) is 0 Å². The summed E-state index contributed by atoms with van der Waals surface area (Å²) in [5, 5.41) is 16.0. The van der Waals surface area contributed by atoms with Gasteiger partial charge in [-0.3, -0.25) is 4.79 Å². The summed E-state index contributed by atoms with van der Waals surface area (Å²) in [5.41, 5.74) is 10.5. The molecule has 144 valence electrons. The molecule has 3 aromatic rings. The van der Waals surface area contributed by atoms with Crippen LogP contribution in [0.5, 0.6) is 5.75 Å². The van der Waals surface area contributed by atoms with E-state index in [2.05, 4.69) is 10.4 Å². The fraction of sp³-hybridized carbons (Fsp3) is 0. The largest absolute Gasteiger partial charge is 0.507 e.